The summed E-state index contributed by atoms with van der Waals surface area (Å²) >= 11 is 0. The van der Waals surface area contributed by atoms with Gasteiger partial charge in [0.25, 0.3) is 0 Å². The van der Waals surface area contributed by atoms with E-state index >= 15 is 0 Å². The van der Waals surface area contributed by atoms with Crippen molar-refractivity contribution in [3.05, 3.63) is 65.2 Å². The molecule has 0 fully saturated rings. The number of anilines is 1. The summed E-state index contributed by atoms with van der Waals surface area (Å²) in [6.45, 7) is -0.00716. The van der Waals surface area contributed by atoms with Crippen molar-refractivity contribution in [2.24, 2.45) is 0 Å². The zero-order valence-corrected chi connectivity index (χ0v) is 12.3. The number of carbonyl (C=O) groups is 1. The smallest absolute Gasteiger partial charge is 0.319 e. The van der Waals surface area contributed by atoms with E-state index in [-0.39, 0.29) is 12.2 Å². The second-order valence-electron chi connectivity index (χ2n) is 5.60. The molecule has 6 heteroatoms. The van der Waals surface area contributed by atoms with Gasteiger partial charge in [0.2, 0.25) is 0 Å². The highest BCUT2D eigenvalue weighted by atomic mass is 19.2. The third-order valence-corrected chi connectivity index (χ3v) is 4.07. The molecule has 0 saturated carbocycles. The van der Waals surface area contributed by atoms with Gasteiger partial charge in [0.05, 0.1) is 12.2 Å². The van der Waals surface area contributed by atoms with E-state index in [0.717, 1.165) is 23.6 Å². The van der Waals surface area contributed by atoms with E-state index < -0.39 is 23.3 Å². The van der Waals surface area contributed by atoms with Gasteiger partial charge < -0.3 is 15.7 Å². The predicted octanol–water partition coefficient (Wildman–Crippen LogP) is 2.92. The molecule has 0 unspecified atom stereocenters. The van der Waals surface area contributed by atoms with Crippen LogP contribution in [0.25, 0.3) is 0 Å². The molecule has 3 N–H and O–H groups in total. The molecule has 2 amide bonds. The maximum Gasteiger partial charge on any atom is 0.319 e. The Morgan fingerprint density at radius 1 is 1.17 bits per heavy atom. The Morgan fingerprint density at radius 2 is 1.96 bits per heavy atom. The van der Waals surface area contributed by atoms with Crippen LogP contribution in [-0.2, 0) is 12.0 Å². The molecule has 2 aromatic rings. The fraction of sp³-hybridized carbons (Fsp3) is 0.235. The number of nitrogens with one attached hydrogen (secondary N) is 2. The molecule has 0 aromatic heterocycles. The van der Waals surface area contributed by atoms with E-state index in [1.807, 2.05) is 24.3 Å². The summed E-state index contributed by atoms with van der Waals surface area (Å²) in [6.07, 6.45) is 1.23. The summed E-state index contributed by atoms with van der Waals surface area (Å²) in [6, 6.07) is 10.3. The first-order valence-electron chi connectivity index (χ1n) is 7.29. The van der Waals surface area contributed by atoms with E-state index in [0.29, 0.717) is 6.42 Å². The first kappa shape index (κ1) is 15.4. The van der Waals surface area contributed by atoms with E-state index in [1.165, 1.54) is 12.1 Å². The summed E-state index contributed by atoms with van der Waals surface area (Å²) in [5, 5.41) is 15.4. The third kappa shape index (κ3) is 3.03. The molecule has 1 aliphatic carbocycles. The zero-order valence-electron chi connectivity index (χ0n) is 12.3. The number of fused-ring (bicyclic) bond motifs is 1. The number of urea groups is 1. The molecule has 0 saturated heterocycles. The summed E-state index contributed by atoms with van der Waals surface area (Å²) in [4.78, 5) is 11.9. The van der Waals surface area contributed by atoms with Crippen molar-refractivity contribution >= 4 is 11.7 Å². The van der Waals surface area contributed by atoms with Crippen LogP contribution in [0.1, 0.15) is 17.5 Å². The lowest BCUT2D eigenvalue weighted by molar-refractivity contribution is 0.0417. The summed E-state index contributed by atoms with van der Waals surface area (Å²) in [5.74, 6) is -2.15. The van der Waals surface area contributed by atoms with Crippen LogP contribution >= 0.6 is 0 Å². The molecule has 2 aromatic carbocycles. The molecular weight excluding hydrogens is 302 g/mol. The van der Waals surface area contributed by atoms with E-state index in [9.17, 15) is 18.7 Å². The monoisotopic (exact) mass is 318 g/mol. The SMILES string of the molecule is O=C(NC[C@]1(O)CCc2ccccc21)Nc1cccc(F)c1F. The van der Waals surface area contributed by atoms with Gasteiger partial charge in [-0.2, -0.15) is 0 Å². The molecule has 1 aliphatic rings. The van der Waals surface area contributed by atoms with Crippen LogP contribution in [-0.4, -0.2) is 17.7 Å². The minimum Gasteiger partial charge on any atom is -0.383 e. The number of carbonyl (C=O) groups excluding carboxylic acids is 1. The largest absolute Gasteiger partial charge is 0.383 e. The molecule has 3 rings (SSSR count). The summed E-state index contributed by atoms with van der Waals surface area (Å²) < 4.78 is 26.6. The van der Waals surface area contributed by atoms with Gasteiger partial charge in [-0.15, -0.1) is 0 Å². The Kier molecular flexibility index (Phi) is 4.00. The fourth-order valence-corrected chi connectivity index (χ4v) is 2.85. The van der Waals surface area contributed by atoms with Gasteiger partial charge >= 0.3 is 6.03 Å². The highest BCUT2D eigenvalue weighted by Crippen LogP contribution is 2.36. The van der Waals surface area contributed by atoms with Gasteiger partial charge in [0, 0.05) is 0 Å². The average Bonchev–Trinajstić information content (AvgIpc) is 2.88. The topological polar surface area (TPSA) is 61.4 Å². The van der Waals surface area contributed by atoms with E-state index in [4.69, 9.17) is 0 Å². The van der Waals surface area contributed by atoms with Gasteiger partial charge in [0.1, 0.15) is 5.60 Å². The lowest BCUT2D eigenvalue weighted by atomic mass is 9.96. The minimum absolute atomic E-state index is 0.00716. The van der Waals surface area contributed by atoms with E-state index in [1.54, 1.807) is 0 Å². The molecule has 0 radical (unpaired) electrons. The van der Waals surface area contributed by atoms with Crippen LogP contribution in [0.15, 0.2) is 42.5 Å². The number of benzene rings is 2. The fourth-order valence-electron chi connectivity index (χ4n) is 2.85. The van der Waals surface area contributed by atoms with Crippen molar-refractivity contribution in [1.29, 1.82) is 0 Å². The lowest BCUT2D eigenvalue weighted by Crippen LogP contribution is -2.41. The maximum absolute atomic E-state index is 13.5. The van der Waals surface area contributed by atoms with Crippen LogP contribution in [0.2, 0.25) is 0 Å². The molecule has 1 atom stereocenters. The van der Waals surface area contributed by atoms with Crippen molar-refractivity contribution in [1.82, 2.24) is 5.32 Å². The predicted molar refractivity (Wildman–Crippen MR) is 82.0 cm³/mol. The minimum atomic E-state index is -1.14. The van der Waals surface area contributed by atoms with Crippen molar-refractivity contribution in [3.8, 4) is 0 Å². The van der Waals surface area contributed by atoms with Crippen molar-refractivity contribution in [2.45, 2.75) is 18.4 Å². The highest BCUT2D eigenvalue weighted by molar-refractivity contribution is 5.89. The van der Waals surface area contributed by atoms with Crippen molar-refractivity contribution < 1.29 is 18.7 Å². The lowest BCUT2D eigenvalue weighted by Gasteiger charge is -2.24. The molecule has 0 spiro atoms. The maximum atomic E-state index is 13.5. The van der Waals surface area contributed by atoms with Crippen molar-refractivity contribution in [3.63, 3.8) is 0 Å². The molecule has 23 heavy (non-hydrogen) atoms. The Balaban J connectivity index is 1.65. The summed E-state index contributed by atoms with van der Waals surface area (Å²) in [7, 11) is 0. The van der Waals surface area contributed by atoms with Crippen molar-refractivity contribution in [2.75, 3.05) is 11.9 Å². The molecule has 120 valence electrons. The quantitative estimate of drug-likeness (QED) is 0.815. The van der Waals surface area contributed by atoms with Crippen LogP contribution in [0, 0.1) is 11.6 Å². The third-order valence-electron chi connectivity index (χ3n) is 4.07. The van der Waals surface area contributed by atoms with Crippen LogP contribution in [0.5, 0.6) is 0 Å². The second-order valence-corrected chi connectivity index (χ2v) is 5.60. The van der Waals surface area contributed by atoms with Gasteiger partial charge in [-0.05, 0) is 36.1 Å². The molecular formula is C17H16F2N2O2. The van der Waals surface area contributed by atoms with Crippen LogP contribution in [0.3, 0.4) is 0 Å². The molecule has 0 aliphatic heterocycles. The number of hydrogen-bond acceptors (Lipinski definition) is 2. The number of amides is 2. The number of hydrogen-bond donors (Lipinski definition) is 3. The number of aryl methyl sites for hydroxylation is 1. The zero-order chi connectivity index (χ0) is 16.4. The van der Waals surface area contributed by atoms with Gasteiger partial charge in [-0.25, -0.2) is 13.6 Å². The van der Waals surface area contributed by atoms with E-state index in [2.05, 4.69) is 10.6 Å². The van der Waals surface area contributed by atoms with Gasteiger partial charge in [-0.3, -0.25) is 0 Å². The number of aliphatic hydroxyl groups is 1. The second kappa shape index (κ2) is 5.96. The standard InChI is InChI=1S/C17H16F2N2O2/c18-13-6-3-7-14(15(13)19)21-16(22)20-10-17(23)9-8-11-4-1-2-5-12(11)17/h1-7,23H,8-10H2,(H2,20,21,22)/t17-/m1/s1. The van der Waals surface area contributed by atoms with Gasteiger partial charge in [-0.1, -0.05) is 30.3 Å². The first-order chi connectivity index (χ1) is 11.0. The molecule has 0 heterocycles. The Hall–Kier alpha value is -2.47. The van der Waals surface area contributed by atoms with Crippen LogP contribution < -0.4 is 10.6 Å². The number of halogens is 2. The Labute approximate surface area is 132 Å². The average molecular weight is 318 g/mol. The molecule has 0 bridgehead atoms. The highest BCUT2D eigenvalue weighted by Gasteiger charge is 2.36. The molecule has 4 nitrogen and oxygen atoms in total. The van der Waals surface area contributed by atoms with Crippen LogP contribution in [0.4, 0.5) is 19.3 Å². The number of rotatable bonds is 3. The normalized spacial score (nSPS) is 19.3. The Morgan fingerprint density at radius 3 is 2.78 bits per heavy atom. The first-order valence-corrected chi connectivity index (χ1v) is 7.29. The van der Waals surface area contributed by atoms with Gasteiger partial charge in [0.15, 0.2) is 11.6 Å². The Bertz CT molecular complexity index is 751. The summed E-state index contributed by atoms with van der Waals surface area (Å²) in [5.41, 5.74) is 0.445.